The van der Waals surface area contributed by atoms with E-state index < -0.39 is 28.9 Å². The third kappa shape index (κ3) is 2.88. The highest BCUT2D eigenvalue weighted by atomic mass is 35.5. The number of anilines is 1. The van der Waals surface area contributed by atoms with Crippen LogP contribution in [0.25, 0.3) is 0 Å². The summed E-state index contributed by atoms with van der Waals surface area (Å²) in [6, 6.07) is 7.61. The van der Waals surface area contributed by atoms with Crippen molar-refractivity contribution < 1.29 is 18.0 Å². The number of nitrogens with one attached hydrogen (secondary N) is 1. The van der Waals surface area contributed by atoms with Crippen LogP contribution < -0.4 is 5.32 Å². The van der Waals surface area contributed by atoms with Gasteiger partial charge in [-0.05, 0) is 36.4 Å². The molecule has 0 aliphatic heterocycles. The molecule has 1 amide bonds. The second-order valence-corrected chi connectivity index (χ2v) is 4.12. The van der Waals surface area contributed by atoms with Crippen LogP contribution in [-0.4, -0.2) is 5.91 Å². The Hall–Kier alpha value is -2.01. The number of halogens is 4. The highest BCUT2D eigenvalue weighted by Crippen LogP contribution is 2.18. The van der Waals surface area contributed by atoms with Crippen molar-refractivity contribution in [1.29, 1.82) is 0 Å². The van der Waals surface area contributed by atoms with Gasteiger partial charge in [0.15, 0.2) is 17.5 Å². The van der Waals surface area contributed by atoms with Crippen LogP contribution >= 0.6 is 11.6 Å². The summed E-state index contributed by atoms with van der Waals surface area (Å²) in [5.41, 5.74) is -0.215. The molecule has 2 aromatic carbocycles. The number of benzene rings is 2. The van der Waals surface area contributed by atoms with E-state index >= 15 is 0 Å². The van der Waals surface area contributed by atoms with Gasteiger partial charge in [0.1, 0.15) is 0 Å². The second-order valence-electron chi connectivity index (χ2n) is 3.68. The van der Waals surface area contributed by atoms with E-state index in [2.05, 4.69) is 5.32 Å². The molecule has 0 unspecified atom stereocenters. The Morgan fingerprint density at radius 3 is 2.21 bits per heavy atom. The van der Waals surface area contributed by atoms with Crippen molar-refractivity contribution in [1.82, 2.24) is 0 Å². The predicted molar refractivity (Wildman–Crippen MR) is 65.7 cm³/mol. The number of hydrogen-bond donors (Lipinski definition) is 1. The fourth-order valence-corrected chi connectivity index (χ4v) is 1.56. The van der Waals surface area contributed by atoms with Gasteiger partial charge in [0, 0.05) is 10.7 Å². The Morgan fingerprint density at radius 1 is 0.947 bits per heavy atom. The van der Waals surface area contributed by atoms with Gasteiger partial charge in [-0.15, -0.1) is 0 Å². The summed E-state index contributed by atoms with van der Waals surface area (Å²) in [6.45, 7) is 0. The maximum atomic E-state index is 13.4. The molecule has 0 bridgehead atoms. The van der Waals surface area contributed by atoms with E-state index in [4.69, 9.17) is 11.6 Å². The Labute approximate surface area is 111 Å². The van der Waals surface area contributed by atoms with E-state index in [9.17, 15) is 18.0 Å². The van der Waals surface area contributed by atoms with Crippen molar-refractivity contribution in [2.75, 3.05) is 5.32 Å². The number of carbonyl (C=O) groups is 1. The van der Waals surface area contributed by atoms with Gasteiger partial charge in [-0.2, -0.15) is 0 Å². The van der Waals surface area contributed by atoms with E-state index in [1.807, 2.05) is 0 Å². The lowest BCUT2D eigenvalue weighted by Crippen LogP contribution is -2.15. The summed E-state index contributed by atoms with van der Waals surface area (Å²) < 4.78 is 39.1. The van der Waals surface area contributed by atoms with E-state index in [1.165, 1.54) is 24.3 Å². The zero-order valence-corrected chi connectivity index (χ0v) is 10.1. The lowest BCUT2D eigenvalue weighted by molar-refractivity contribution is 0.102. The first-order chi connectivity index (χ1) is 8.99. The van der Waals surface area contributed by atoms with Gasteiger partial charge < -0.3 is 5.32 Å². The maximum Gasteiger partial charge on any atom is 0.258 e. The SMILES string of the molecule is O=C(Nc1ccc(Cl)cc1)c1ccc(F)c(F)c1F. The Morgan fingerprint density at radius 2 is 1.58 bits per heavy atom. The van der Waals surface area contributed by atoms with Crippen LogP contribution in [0.4, 0.5) is 18.9 Å². The molecule has 0 saturated carbocycles. The average Bonchev–Trinajstić information content (AvgIpc) is 2.39. The first-order valence-electron chi connectivity index (χ1n) is 5.19. The summed E-state index contributed by atoms with van der Waals surface area (Å²) in [4.78, 5) is 11.7. The minimum atomic E-state index is -1.68. The molecule has 1 N–H and O–H groups in total. The van der Waals surface area contributed by atoms with Crippen LogP contribution in [0.15, 0.2) is 36.4 Å². The van der Waals surface area contributed by atoms with E-state index in [-0.39, 0.29) is 0 Å². The molecular formula is C13H7ClF3NO. The number of rotatable bonds is 2. The molecule has 0 heterocycles. The minimum Gasteiger partial charge on any atom is -0.322 e. The van der Waals surface area contributed by atoms with Gasteiger partial charge in [-0.1, -0.05) is 11.6 Å². The highest BCUT2D eigenvalue weighted by Gasteiger charge is 2.18. The van der Waals surface area contributed by atoms with Gasteiger partial charge in [0.05, 0.1) is 5.56 Å². The van der Waals surface area contributed by atoms with Crippen molar-refractivity contribution in [3.63, 3.8) is 0 Å². The van der Waals surface area contributed by atoms with Gasteiger partial charge in [-0.3, -0.25) is 4.79 Å². The van der Waals surface area contributed by atoms with Crippen molar-refractivity contribution in [3.8, 4) is 0 Å². The standard InChI is InChI=1S/C13H7ClF3NO/c14-7-1-3-8(4-2-7)18-13(19)9-5-6-10(15)12(17)11(9)16/h1-6H,(H,18,19). The lowest BCUT2D eigenvalue weighted by atomic mass is 10.1. The average molecular weight is 286 g/mol. The smallest absolute Gasteiger partial charge is 0.258 e. The molecule has 0 aliphatic rings. The summed E-state index contributed by atoms with van der Waals surface area (Å²) in [5.74, 6) is -5.42. The molecule has 98 valence electrons. The van der Waals surface area contributed by atoms with E-state index in [0.29, 0.717) is 16.8 Å². The fourth-order valence-electron chi connectivity index (χ4n) is 1.43. The normalized spacial score (nSPS) is 10.3. The van der Waals surface area contributed by atoms with Crippen LogP contribution in [0.1, 0.15) is 10.4 Å². The molecule has 2 aromatic rings. The fraction of sp³-hybridized carbons (Fsp3) is 0. The molecule has 6 heteroatoms. The summed E-state index contributed by atoms with van der Waals surface area (Å²) in [5, 5.41) is 2.82. The van der Waals surface area contributed by atoms with Crippen molar-refractivity contribution in [2.24, 2.45) is 0 Å². The van der Waals surface area contributed by atoms with Crippen LogP contribution in [0.3, 0.4) is 0 Å². The molecule has 0 atom stereocenters. The summed E-state index contributed by atoms with van der Waals surface area (Å²) in [6.07, 6.45) is 0. The van der Waals surface area contributed by atoms with Gasteiger partial charge in [-0.25, -0.2) is 13.2 Å². The molecule has 0 saturated heterocycles. The number of amides is 1. The quantitative estimate of drug-likeness (QED) is 0.830. The van der Waals surface area contributed by atoms with Gasteiger partial charge in [0.25, 0.3) is 5.91 Å². The molecule has 0 radical (unpaired) electrons. The predicted octanol–water partition coefficient (Wildman–Crippen LogP) is 4.01. The minimum absolute atomic E-state index is 0.360. The van der Waals surface area contributed by atoms with E-state index in [0.717, 1.165) is 6.07 Å². The van der Waals surface area contributed by atoms with Crippen molar-refractivity contribution >= 4 is 23.2 Å². The van der Waals surface area contributed by atoms with Crippen molar-refractivity contribution in [3.05, 3.63) is 64.4 Å². The molecule has 19 heavy (non-hydrogen) atoms. The Balaban J connectivity index is 2.25. The Kier molecular flexibility index (Phi) is 3.76. The van der Waals surface area contributed by atoms with Crippen LogP contribution in [0.5, 0.6) is 0 Å². The molecule has 0 spiro atoms. The van der Waals surface area contributed by atoms with Crippen LogP contribution in [0, 0.1) is 17.5 Å². The summed E-state index contributed by atoms with van der Waals surface area (Å²) in [7, 11) is 0. The maximum absolute atomic E-state index is 13.4. The van der Waals surface area contributed by atoms with Gasteiger partial charge in [0.2, 0.25) is 0 Å². The zero-order valence-electron chi connectivity index (χ0n) is 9.38. The first-order valence-corrected chi connectivity index (χ1v) is 5.57. The lowest BCUT2D eigenvalue weighted by Gasteiger charge is -2.07. The molecule has 0 aromatic heterocycles. The number of carbonyl (C=O) groups excluding carboxylic acids is 1. The first kappa shape index (κ1) is 13.4. The molecule has 0 aliphatic carbocycles. The molecule has 2 rings (SSSR count). The topological polar surface area (TPSA) is 29.1 Å². The van der Waals surface area contributed by atoms with E-state index in [1.54, 1.807) is 0 Å². The van der Waals surface area contributed by atoms with Crippen molar-refractivity contribution in [2.45, 2.75) is 0 Å². The molecular weight excluding hydrogens is 279 g/mol. The second kappa shape index (κ2) is 5.32. The number of hydrogen-bond acceptors (Lipinski definition) is 1. The molecule has 0 fully saturated rings. The van der Waals surface area contributed by atoms with Gasteiger partial charge >= 0.3 is 0 Å². The zero-order chi connectivity index (χ0) is 14.0. The van der Waals surface area contributed by atoms with Crippen LogP contribution in [-0.2, 0) is 0 Å². The monoisotopic (exact) mass is 285 g/mol. The largest absolute Gasteiger partial charge is 0.322 e. The molecule has 2 nitrogen and oxygen atoms in total. The summed E-state index contributed by atoms with van der Waals surface area (Å²) >= 11 is 5.66. The highest BCUT2D eigenvalue weighted by molar-refractivity contribution is 6.30. The third-order valence-corrected chi connectivity index (χ3v) is 2.63. The van der Waals surface area contributed by atoms with Crippen LogP contribution in [0.2, 0.25) is 5.02 Å². The third-order valence-electron chi connectivity index (χ3n) is 2.38. The Bertz CT molecular complexity index is 629.